The van der Waals surface area contributed by atoms with Gasteiger partial charge in [-0.05, 0) is 42.5 Å². The first-order valence-electron chi connectivity index (χ1n) is 8.29. The molecule has 1 atom stereocenters. The molecule has 21 heavy (non-hydrogen) atoms. The molecule has 0 spiro atoms. The number of rotatable bonds is 1. The quantitative estimate of drug-likeness (QED) is 0.858. The minimum absolute atomic E-state index is 0.563. The standard InChI is InChI=1S/C17H24N2O2/c1-3-13-11-16-17(21-10-2-9-20-16)12-14(13)15(4-1)19-7-5-18-6-8-19/h11-12,15,18H,1-10H2. The summed E-state index contributed by atoms with van der Waals surface area (Å²) in [7, 11) is 0. The highest BCUT2D eigenvalue weighted by atomic mass is 16.5. The number of ether oxygens (including phenoxy) is 2. The minimum atomic E-state index is 0.563. The molecule has 1 unspecified atom stereocenters. The number of nitrogens with one attached hydrogen (secondary N) is 1. The van der Waals surface area contributed by atoms with E-state index in [2.05, 4.69) is 22.3 Å². The summed E-state index contributed by atoms with van der Waals surface area (Å²) in [6.07, 6.45) is 4.70. The van der Waals surface area contributed by atoms with Gasteiger partial charge in [0.25, 0.3) is 0 Å². The van der Waals surface area contributed by atoms with E-state index in [-0.39, 0.29) is 0 Å². The Labute approximate surface area is 126 Å². The fourth-order valence-corrected chi connectivity index (χ4v) is 3.81. The summed E-state index contributed by atoms with van der Waals surface area (Å²) in [5.74, 6) is 1.90. The molecule has 0 aromatic heterocycles. The van der Waals surface area contributed by atoms with Crippen molar-refractivity contribution in [3.8, 4) is 11.5 Å². The third-order valence-electron chi connectivity index (χ3n) is 4.88. The molecule has 4 nitrogen and oxygen atoms in total. The zero-order chi connectivity index (χ0) is 14.1. The van der Waals surface area contributed by atoms with Crippen molar-refractivity contribution < 1.29 is 9.47 Å². The van der Waals surface area contributed by atoms with E-state index in [0.717, 1.165) is 57.3 Å². The fraction of sp³-hybridized carbons (Fsp3) is 0.647. The van der Waals surface area contributed by atoms with Crippen molar-refractivity contribution in [2.24, 2.45) is 0 Å². The average molecular weight is 288 g/mol. The van der Waals surface area contributed by atoms with Crippen molar-refractivity contribution >= 4 is 0 Å². The lowest BCUT2D eigenvalue weighted by atomic mass is 9.86. The van der Waals surface area contributed by atoms with Gasteiger partial charge in [-0.1, -0.05) is 0 Å². The minimum Gasteiger partial charge on any atom is -0.490 e. The van der Waals surface area contributed by atoms with E-state index in [1.54, 1.807) is 0 Å². The Morgan fingerprint density at radius 1 is 1.00 bits per heavy atom. The highest BCUT2D eigenvalue weighted by molar-refractivity contribution is 5.49. The number of piperazine rings is 1. The Kier molecular flexibility index (Phi) is 3.74. The maximum absolute atomic E-state index is 5.89. The molecule has 1 N–H and O–H groups in total. The molecule has 0 saturated carbocycles. The Bertz CT molecular complexity index is 512. The molecule has 1 aromatic rings. The third kappa shape index (κ3) is 2.62. The lowest BCUT2D eigenvalue weighted by Crippen LogP contribution is -2.45. The van der Waals surface area contributed by atoms with Gasteiger partial charge in [-0.15, -0.1) is 0 Å². The van der Waals surface area contributed by atoms with Crippen LogP contribution in [-0.4, -0.2) is 44.3 Å². The van der Waals surface area contributed by atoms with Crippen LogP contribution in [0.15, 0.2) is 12.1 Å². The molecule has 4 heteroatoms. The SMILES string of the molecule is c1c2c(cc3c1OCCCO3)C(N1CCNCC1)CCC2. The Morgan fingerprint density at radius 3 is 2.57 bits per heavy atom. The van der Waals surface area contributed by atoms with Crippen molar-refractivity contribution in [1.82, 2.24) is 10.2 Å². The molecule has 1 aliphatic carbocycles. The van der Waals surface area contributed by atoms with Gasteiger partial charge in [-0.3, -0.25) is 4.90 Å². The first kappa shape index (κ1) is 13.4. The van der Waals surface area contributed by atoms with Gasteiger partial charge in [0, 0.05) is 38.6 Å². The van der Waals surface area contributed by atoms with Gasteiger partial charge in [-0.25, -0.2) is 0 Å². The van der Waals surface area contributed by atoms with Gasteiger partial charge in [0.1, 0.15) is 0 Å². The zero-order valence-corrected chi connectivity index (χ0v) is 12.6. The van der Waals surface area contributed by atoms with Crippen LogP contribution in [0.1, 0.15) is 36.4 Å². The summed E-state index contributed by atoms with van der Waals surface area (Å²) in [5.41, 5.74) is 2.95. The summed E-state index contributed by atoms with van der Waals surface area (Å²) in [6, 6.07) is 5.07. The molecule has 2 aliphatic heterocycles. The van der Waals surface area contributed by atoms with Crippen LogP contribution in [0.25, 0.3) is 0 Å². The van der Waals surface area contributed by atoms with Crippen molar-refractivity contribution in [2.75, 3.05) is 39.4 Å². The lowest BCUT2D eigenvalue weighted by molar-refractivity contribution is 0.157. The van der Waals surface area contributed by atoms with E-state index >= 15 is 0 Å². The molecule has 114 valence electrons. The molecule has 3 aliphatic rings. The van der Waals surface area contributed by atoms with Gasteiger partial charge < -0.3 is 14.8 Å². The van der Waals surface area contributed by atoms with Crippen LogP contribution in [0.3, 0.4) is 0 Å². The largest absolute Gasteiger partial charge is 0.490 e. The average Bonchev–Trinajstić information content (AvgIpc) is 2.78. The number of hydrogen-bond donors (Lipinski definition) is 1. The number of fused-ring (bicyclic) bond motifs is 2. The summed E-state index contributed by atoms with van der Waals surface area (Å²) >= 11 is 0. The van der Waals surface area contributed by atoms with Crippen molar-refractivity contribution in [3.05, 3.63) is 23.3 Å². The van der Waals surface area contributed by atoms with Crippen molar-refractivity contribution in [2.45, 2.75) is 31.7 Å². The summed E-state index contributed by atoms with van der Waals surface area (Å²) < 4.78 is 11.7. The second kappa shape index (κ2) is 5.85. The first-order valence-corrected chi connectivity index (χ1v) is 8.29. The van der Waals surface area contributed by atoms with Gasteiger partial charge in [-0.2, -0.15) is 0 Å². The summed E-state index contributed by atoms with van der Waals surface area (Å²) in [6.45, 7) is 6.06. The molecule has 0 radical (unpaired) electrons. The van der Waals surface area contributed by atoms with Gasteiger partial charge in [0.15, 0.2) is 11.5 Å². The van der Waals surface area contributed by atoms with Gasteiger partial charge in [0.05, 0.1) is 13.2 Å². The van der Waals surface area contributed by atoms with Crippen LogP contribution in [0.2, 0.25) is 0 Å². The van der Waals surface area contributed by atoms with Crippen LogP contribution >= 0.6 is 0 Å². The highest BCUT2D eigenvalue weighted by Gasteiger charge is 2.28. The summed E-state index contributed by atoms with van der Waals surface area (Å²) in [5, 5.41) is 3.45. The molecule has 1 saturated heterocycles. The predicted octanol–water partition coefficient (Wildman–Crippen LogP) is 2.13. The lowest BCUT2D eigenvalue weighted by Gasteiger charge is -2.38. The molecule has 2 heterocycles. The van der Waals surface area contributed by atoms with Gasteiger partial charge in [0.2, 0.25) is 0 Å². The van der Waals surface area contributed by atoms with Crippen molar-refractivity contribution in [3.63, 3.8) is 0 Å². The van der Waals surface area contributed by atoms with E-state index in [1.165, 1.54) is 30.4 Å². The second-order valence-corrected chi connectivity index (χ2v) is 6.24. The molecular formula is C17H24N2O2. The predicted molar refractivity (Wildman–Crippen MR) is 82.2 cm³/mol. The van der Waals surface area contributed by atoms with E-state index < -0.39 is 0 Å². The maximum Gasteiger partial charge on any atom is 0.161 e. The van der Waals surface area contributed by atoms with Crippen molar-refractivity contribution in [1.29, 1.82) is 0 Å². The Balaban J connectivity index is 1.68. The summed E-state index contributed by atoms with van der Waals surface area (Å²) in [4.78, 5) is 2.64. The number of nitrogens with zero attached hydrogens (tertiary/aromatic N) is 1. The Morgan fingerprint density at radius 2 is 1.76 bits per heavy atom. The monoisotopic (exact) mass is 288 g/mol. The first-order chi connectivity index (χ1) is 10.4. The van der Waals surface area contributed by atoms with E-state index in [0.29, 0.717) is 6.04 Å². The topological polar surface area (TPSA) is 33.7 Å². The van der Waals surface area contributed by atoms with E-state index in [1.807, 2.05) is 0 Å². The van der Waals surface area contributed by atoms with Crippen LogP contribution in [0.5, 0.6) is 11.5 Å². The van der Waals surface area contributed by atoms with Crippen LogP contribution in [-0.2, 0) is 6.42 Å². The van der Waals surface area contributed by atoms with E-state index in [9.17, 15) is 0 Å². The maximum atomic E-state index is 5.89. The fourth-order valence-electron chi connectivity index (χ4n) is 3.81. The van der Waals surface area contributed by atoms with Gasteiger partial charge >= 0.3 is 0 Å². The molecular weight excluding hydrogens is 264 g/mol. The molecule has 0 amide bonds. The van der Waals surface area contributed by atoms with Crippen LogP contribution in [0, 0.1) is 0 Å². The molecule has 4 rings (SSSR count). The molecule has 1 fully saturated rings. The highest BCUT2D eigenvalue weighted by Crippen LogP contribution is 2.41. The van der Waals surface area contributed by atoms with Crippen LogP contribution < -0.4 is 14.8 Å². The van der Waals surface area contributed by atoms with E-state index in [4.69, 9.17) is 9.47 Å². The zero-order valence-electron chi connectivity index (χ0n) is 12.6. The smallest absolute Gasteiger partial charge is 0.161 e. The second-order valence-electron chi connectivity index (χ2n) is 6.24. The molecule has 1 aromatic carbocycles. The third-order valence-corrected chi connectivity index (χ3v) is 4.88. The Hall–Kier alpha value is -1.26. The molecule has 0 bridgehead atoms. The number of aryl methyl sites for hydroxylation is 1. The number of hydrogen-bond acceptors (Lipinski definition) is 4. The van der Waals surface area contributed by atoms with Crippen LogP contribution in [0.4, 0.5) is 0 Å². The number of benzene rings is 1. The normalized spacial score (nSPS) is 26.0.